The molecule has 1 aromatic carbocycles. The molecule has 1 fully saturated rings. The highest BCUT2D eigenvalue weighted by Crippen LogP contribution is 2.31. The van der Waals surface area contributed by atoms with Crippen molar-refractivity contribution < 1.29 is 9.18 Å². The lowest BCUT2D eigenvalue weighted by atomic mass is 10.1. The van der Waals surface area contributed by atoms with E-state index in [4.69, 9.17) is 0 Å². The molecule has 1 aromatic rings. The third-order valence-corrected chi connectivity index (χ3v) is 2.90. The molecule has 0 spiro atoms. The van der Waals surface area contributed by atoms with E-state index >= 15 is 0 Å². The molecule has 1 aliphatic rings. The number of halogens is 1. The highest BCUT2D eigenvalue weighted by atomic mass is 19.1. The lowest BCUT2D eigenvalue weighted by molar-refractivity contribution is 0.0948. The first-order chi connectivity index (χ1) is 7.66. The minimum atomic E-state index is -0.441. The summed E-state index contributed by atoms with van der Waals surface area (Å²) in [5, 5.41) is 2.75. The van der Waals surface area contributed by atoms with Gasteiger partial charge in [-0.15, -0.1) is 0 Å². The van der Waals surface area contributed by atoms with Gasteiger partial charge in [0, 0.05) is 6.54 Å². The van der Waals surface area contributed by atoms with E-state index in [1.54, 1.807) is 13.0 Å². The van der Waals surface area contributed by atoms with E-state index in [0.717, 1.165) is 17.9 Å². The van der Waals surface area contributed by atoms with Crippen molar-refractivity contribution in [3.8, 4) is 0 Å². The molecule has 1 aliphatic carbocycles. The predicted molar refractivity (Wildman–Crippen MR) is 60.8 cm³/mol. The molecule has 2 nitrogen and oxygen atoms in total. The molecule has 1 N–H and O–H groups in total. The summed E-state index contributed by atoms with van der Waals surface area (Å²) in [6, 6.07) is 4.67. The number of carbonyl (C=O) groups excluding carboxylic acids is 1. The first-order valence-electron chi connectivity index (χ1n) is 5.71. The lowest BCUT2D eigenvalue weighted by Crippen LogP contribution is -2.25. The van der Waals surface area contributed by atoms with Crippen molar-refractivity contribution in [2.75, 3.05) is 6.54 Å². The van der Waals surface area contributed by atoms with Crippen molar-refractivity contribution in [2.45, 2.75) is 26.2 Å². The van der Waals surface area contributed by atoms with E-state index in [1.165, 1.54) is 25.0 Å². The molecule has 0 bridgehead atoms. The van der Waals surface area contributed by atoms with Crippen molar-refractivity contribution in [1.82, 2.24) is 5.32 Å². The van der Waals surface area contributed by atoms with E-state index in [0.29, 0.717) is 6.54 Å². The average molecular weight is 221 g/mol. The van der Waals surface area contributed by atoms with Crippen LogP contribution in [-0.2, 0) is 0 Å². The zero-order valence-corrected chi connectivity index (χ0v) is 9.42. The summed E-state index contributed by atoms with van der Waals surface area (Å²) in [4.78, 5) is 11.6. The number of amides is 1. The predicted octanol–water partition coefficient (Wildman–Crippen LogP) is 2.66. The van der Waals surface area contributed by atoms with Gasteiger partial charge in [-0.05, 0) is 37.0 Å². The van der Waals surface area contributed by atoms with Crippen molar-refractivity contribution in [3.63, 3.8) is 0 Å². The van der Waals surface area contributed by atoms with Crippen molar-refractivity contribution in [3.05, 3.63) is 35.1 Å². The summed E-state index contributed by atoms with van der Waals surface area (Å²) < 4.78 is 13.4. The topological polar surface area (TPSA) is 29.1 Å². The zero-order valence-electron chi connectivity index (χ0n) is 9.42. The molecule has 0 radical (unpaired) electrons. The van der Waals surface area contributed by atoms with Crippen LogP contribution < -0.4 is 5.32 Å². The van der Waals surface area contributed by atoms with Crippen LogP contribution in [0.25, 0.3) is 0 Å². The number of rotatable bonds is 4. The van der Waals surface area contributed by atoms with Crippen LogP contribution in [0, 0.1) is 18.7 Å². The van der Waals surface area contributed by atoms with Gasteiger partial charge in [-0.1, -0.05) is 18.9 Å². The monoisotopic (exact) mass is 221 g/mol. The Morgan fingerprint density at radius 3 is 2.88 bits per heavy atom. The van der Waals surface area contributed by atoms with Gasteiger partial charge in [-0.3, -0.25) is 4.79 Å². The van der Waals surface area contributed by atoms with E-state index in [9.17, 15) is 9.18 Å². The van der Waals surface area contributed by atoms with Gasteiger partial charge >= 0.3 is 0 Å². The van der Waals surface area contributed by atoms with Gasteiger partial charge in [-0.25, -0.2) is 4.39 Å². The van der Waals surface area contributed by atoms with Crippen LogP contribution in [0.2, 0.25) is 0 Å². The van der Waals surface area contributed by atoms with Crippen LogP contribution in [0.1, 0.15) is 35.2 Å². The molecule has 0 heterocycles. The third kappa shape index (κ3) is 2.81. The van der Waals surface area contributed by atoms with Crippen LogP contribution in [0.5, 0.6) is 0 Å². The van der Waals surface area contributed by atoms with Crippen molar-refractivity contribution in [2.24, 2.45) is 5.92 Å². The minimum absolute atomic E-state index is 0.140. The van der Waals surface area contributed by atoms with Gasteiger partial charge in [-0.2, -0.15) is 0 Å². The zero-order chi connectivity index (χ0) is 11.5. The van der Waals surface area contributed by atoms with Gasteiger partial charge in [0.15, 0.2) is 0 Å². The third-order valence-electron chi connectivity index (χ3n) is 2.90. The first-order valence-corrected chi connectivity index (χ1v) is 5.71. The second kappa shape index (κ2) is 4.64. The van der Waals surface area contributed by atoms with Gasteiger partial charge in [0.1, 0.15) is 5.82 Å². The quantitative estimate of drug-likeness (QED) is 0.832. The summed E-state index contributed by atoms with van der Waals surface area (Å²) in [5.74, 6) is 0.0326. The second-order valence-electron chi connectivity index (χ2n) is 4.47. The molecule has 0 unspecified atom stereocenters. The lowest BCUT2D eigenvalue weighted by Gasteiger charge is -2.06. The molecule has 0 atom stereocenters. The molecule has 0 aliphatic heterocycles. The molecule has 0 aromatic heterocycles. The van der Waals surface area contributed by atoms with Crippen LogP contribution in [0.3, 0.4) is 0 Å². The fourth-order valence-electron chi connectivity index (χ4n) is 1.70. The molecule has 1 saturated carbocycles. The molecule has 16 heavy (non-hydrogen) atoms. The largest absolute Gasteiger partial charge is 0.352 e. The molecule has 3 heteroatoms. The number of aryl methyl sites for hydroxylation is 1. The van der Waals surface area contributed by atoms with E-state index in [1.807, 2.05) is 0 Å². The molecule has 86 valence electrons. The van der Waals surface area contributed by atoms with E-state index in [-0.39, 0.29) is 11.5 Å². The summed E-state index contributed by atoms with van der Waals surface area (Å²) in [5.41, 5.74) is 0.966. The maximum Gasteiger partial charge on any atom is 0.254 e. The standard InChI is InChI=1S/C13H16FNO/c1-9-2-5-11(12(14)8-9)13(16)15-7-6-10-3-4-10/h2,5,8,10H,3-4,6-7H2,1H3,(H,15,16). The Hall–Kier alpha value is -1.38. The van der Waals surface area contributed by atoms with Gasteiger partial charge < -0.3 is 5.32 Å². The maximum atomic E-state index is 13.4. The highest BCUT2D eigenvalue weighted by Gasteiger charge is 2.21. The Labute approximate surface area is 94.9 Å². The number of hydrogen-bond acceptors (Lipinski definition) is 1. The summed E-state index contributed by atoms with van der Waals surface area (Å²) in [6.45, 7) is 2.45. The average Bonchev–Trinajstić information content (AvgIpc) is 3.01. The van der Waals surface area contributed by atoms with Gasteiger partial charge in [0.25, 0.3) is 5.91 Å². The van der Waals surface area contributed by atoms with Crippen molar-refractivity contribution >= 4 is 5.91 Å². The highest BCUT2D eigenvalue weighted by molar-refractivity contribution is 5.94. The molecular formula is C13H16FNO. The van der Waals surface area contributed by atoms with Crippen molar-refractivity contribution in [1.29, 1.82) is 0 Å². The molecule has 0 saturated heterocycles. The van der Waals surface area contributed by atoms with Crippen LogP contribution >= 0.6 is 0 Å². The normalized spacial score (nSPS) is 14.9. The number of hydrogen-bond donors (Lipinski definition) is 1. The smallest absolute Gasteiger partial charge is 0.254 e. The molecule has 1 amide bonds. The fraction of sp³-hybridized carbons (Fsp3) is 0.462. The Morgan fingerprint density at radius 1 is 1.50 bits per heavy atom. The van der Waals surface area contributed by atoms with E-state index in [2.05, 4.69) is 5.32 Å². The first kappa shape index (κ1) is 11.1. The number of nitrogens with one attached hydrogen (secondary N) is 1. The number of benzene rings is 1. The van der Waals surface area contributed by atoms with Gasteiger partial charge in [0.05, 0.1) is 5.56 Å². The maximum absolute atomic E-state index is 13.4. The minimum Gasteiger partial charge on any atom is -0.352 e. The molecular weight excluding hydrogens is 205 g/mol. The van der Waals surface area contributed by atoms with Crippen LogP contribution in [0.15, 0.2) is 18.2 Å². The van der Waals surface area contributed by atoms with Crippen LogP contribution in [-0.4, -0.2) is 12.5 Å². The SMILES string of the molecule is Cc1ccc(C(=O)NCCC2CC2)c(F)c1. The Kier molecular flexibility index (Phi) is 3.22. The Morgan fingerprint density at radius 2 is 2.25 bits per heavy atom. The Bertz CT molecular complexity index is 399. The summed E-state index contributed by atoms with van der Waals surface area (Å²) in [6.07, 6.45) is 3.56. The van der Waals surface area contributed by atoms with Crippen LogP contribution in [0.4, 0.5) is 4.39 Å². The molecule has 2 rings (SSSR count). The summed E-state index contributed by atoms with van der Waals surface area (Å²) >= 11 is 0. The summed E-state index contributed by atoms with van der Waals surface area (Å²) in [7, 11) is 0. The Balaban J connectivity index is 1.91. The second-order valence-corrected chi connectivity index (χ2v) is 4.47. The number of carbonyl (C=O) groups is 1. The van der Waals surface area contributed by atoms with Gasteiger partial charge in [0.2, 0.25) is 0 Å². The van der Waals surface area contributed by atoms with E-state index < -0.39 is 5.82 Å². The fourth-order valence-corrected chi connectivity index (χ4v) is 1.70.